The average Bonchev–Trinajstić information content (AvgIpc) is 3.28. The topological polar surface area (TPSA) is 80.4 Å². The number of benzene rings is 1. The fourth-order valence-electron chi connectivity index (χ4n) is 1.99. The van der Waals surface area contributed by atoms with Crippen molar-refractivity contribution in [1.29, 1.82) is 0 Å². The van der Waals surface area contributed by atoms with Gasteiger partial charge in [-0.15, -0.1) is 10.2 Å². The van der Waals surface area contributed by atoms with E-state index in [4.69, 9.17) is 4.42 Å². The third-order valence-electron chi connectivity index (χ3n) is 3.34. The first-order valence-electron chi connectivity index (χ1n) is 8.11. The quantitative estimate of drug-likeness (QED) is 0.334. The summed E-state index contributed by atoms with van der Waals surface area (Å²) < 4.78 is 6.99. The van der Waals surface area contributed by atoms with Crippen LogP contribution in [0.4, 0.5) is 0 Å². The molecule has 3 rings (SSSR count). The second kappa shape index (κ2) is 9.72. The van der Waals surface area contributed by atoms with Crippen molar-refractivity contribution in [2.45, 2.75) is 28.3 Å². The minimum Gasteiger partial charge on any atom is -0.460 e. The fraction of sp³-hybridized carbons (Fsp3) is 0.222. The van der Waals surface area contributed by atoms with E-state index in [-0.39, 0.29) is 11.7 Å². The van der Waals surface area contributed by atoms with Crippen LogP contribution in [0.1, 0.15) is 22.6 Å². The first-order valence-corrected chi connectivity index (χ1v) is 10.9. The number of nitrogens with zero attached hydrogens (tertiary/aromatic N) is 3. The van der Waals surface area contributed by atoms with E-state index in [0.717, 1.165) is 20.2 Å². The average molecular weight is 419 g/mol. The molecule has 0 spiro atoms. The molecular formula is C18H18N4O2S3. The number of carbonyl (C=O) groups excluding carboxylic acids is 1. The molecule has 0 aliphatic heterocycles. The molecule has 0 saturated heterocycles. The summed E-state index contributed by atoms with van der Waals surface area (Å²) in [6.07, 6.45) is 1.47. The summed E-state index contributed by atoms with van der Waals surface area (Å²) in [5.41, 5.74) is 4.97. The zero-order chi connectivity index (χ0) is 19.1. The number of furan rings is 1. The lowest BCUT2D eigenvalue weighted by Gasteiger charge is -1.99. The van der Waals surface area contributed by atoms with E-state index in [9.17, 15) is 4.79 Å². The number of hydrazone groups is 1. The maximum Gasteiger partial charge on any atom is 0.250 e. The highest BCUT2D eigenvalue weighted by atomic mass is 32.2. The molecule has 0 aliphatic carbocycles. The summed E-state index contributed by atoms with van der Waals surface area (Å²) in [5.74, 6) is 2.27. The molecule has 9 heteroatoms. The van der Waals surface area contributed by atoms with Gasteiger partial charge < -0.3 is 4.42 Å². The minimum absolute atomic E-state index is 0.205. The molecule has 1 N–H and O–H groups in total. The second-order valence-corrected chi connectivity index (χ2v) is 9.06. The Labute approximate surface area is 169 Å². The van der Waals surface area contributed by atoms with E-state index in [1.54, 1.807) is 17.8 Å². The summed E-state index contributed by atoms with van der Waals surface area (Å²) in [6, 6.07) is 12.1. The molecule has 0 radical (unpaired) electrons. The van der Waals surface area contributed by atoms with Gasteiger partial charge in [0.1, 0.15) is 11.5 Å². The normalized spacial score (nSPS) is 11.2. The van der Waals surface area contributed by atoms with Gasteiger partial charge in [0.05, 0.1) is 12.0 Å². The van der Waals surface area contributed by atoms with Gasteiger partial charge in [-0.25, -0.2) is 5.43 Å². The lowest BCUT2D eigenvalue weighted by molar-refractivity contribution is -0.118. The van der Waals surface area contributed by atoms with Crippen LogP contribution in [0, 0.1) is 13.8 Å². The number of carbonyl (C=O) groups is 1. The van der Waals surface area contributed by atoms with E-state index in [2.05, 4.69) is 51.9 Å². The predicted octanol–water partition coefficient (Wildman–Crippen LogP) is 4.28. The van der Waals surface area contributed by atoms with Crippen molar-refractivity contribution in [1.82, 2.24) is 15.6 Å². The molecule has 0 atom stereocenters. The van der Waals surface area contributed by atoms with E-state index < -0.39 is 0 Å². The first kappa shape index (κ1) is 19.7. The predicted molar refractivity (Wildman–Crippen MR) is 111 cm³/mol. The van der Waals surface area contributed by atoms with E-state index in [0.29, 0.717) is 5.76 Å². The number of nitrogens with one attached hydrogen (secondary N) is 1. The molecule has 0 aliphatic rings. The van der Waals surface area contributed by atoms with Crippen LogP contribution in [0.15, 0.2) is 54.6 Å². The van der Waals surface area contributed by atoms with Crippen molar-refractivity contribution in [2.24, 2.45) is 5.10 Å². The van der Waals surface area contributed by atoms with E-state index in [1.165, 1.54) is 40.4 Å². The summed E-state index contributed by atoms with van der Waals surface area (Å²) in [4.78, 5) is 11.8. The number of aromatic nitrogens is 2. The monoisotopic (exact) mass is 418 g/mol. The maximum absolute atomic E-state index is 11.8. The molecule has 0 saturated carbocycles. The number of thioether (sulfide) groups is 2. The highest BCUT2D eigenvalue weighted by Gasteiger charge is 2.08. The van der Waals surface area contributed by atoms with Crippen LogP contribution in [-0.4, -0.2) is 28.1 Å². The number of aryl methyl sites for hydroxylation is 2. The standard InChI is InChI=1S/C18H18N4O2S3/c1-12-3-6-14(7-4-12)10-25-17-21-22-18(27-17)26-11-16(23)20-19-9-15-8-5-13(2)24-15/h3-9H,10-11H2,1-2H3,(H,20,23)/b19-9+. The van der Waals surface area contributed by atoms with Gasteiger partial charge in [0.15, 0.2) is 8.68 Å². The lowest BCUT2D eigenvalue weighted by Crippen LogP contribution is -2.19. The molecule has 1 amide bonds. The Morgan fingerprint density at radius 1 is 1.15 bits per heavy atom. The van der Waals surface area contributed by atoms with Gasteiger partial charge in [-0.1, -0.05) is 64.7 Å². The van der Waals surface area contributed by atoms with E-state index in [1.807, 2.05) is 13.0 Å². The van der Waals surface area contributed by atoms with Crippen LogP contribution >= 0.6 is 34.9 Å². The van der Waals surface area contributed by atoms with E-state index >= 15 is 0 Å². The fourth-order valence-corrected chi connectivity index (χ4v) is 4.76. The van der Waals surface area contributed by atoms with Crippen LogP contribution in [-0.2, 0) is 10.5 Å². The Morgan fingerprint density at radius 2 is 1.89 bits per heavy atom. The van der Waals surface area contributed by atoms with Crippen molar-refractivity contribution in [3.8, 4) is 0 Å². The maximum atomic E-state index is 11.8. The SMILES string of the molecule is Cc1ccc(CSc2nnc(SCC(=O)N/N=C/c3ccc(C)o3)s2)cc1. The van der Waals surface area contributed by atoms with Crippen LogP contribution in [0.25, 0.3) is 0 Å². The van der Waals surface area contributed by atoms with Gasteiger partial charge in [-0.3, -0.25) is 4.79 Å². The Morgan fingerprint density at radius 3 is 2.59 bits per heavy atom. The minimum atomic E-state index is -0.205. The highest BCUT2D eigenvalue weighted by Crippen LogP contribution is 2.30. The van der Waals surface area contributed by atoms with Crippen LogP contribution in [0.2, 0.25) is 0 Å². The number of amides is 1. The molecule has 27 heavy (non-hydrogen) atoms. The molecule has 140 valence electrons. The first-order chi connectivity index (χ1) is 13.1. The molecule has 2 heterocycles. The van der Waals surface area contributed by atoms with Gasteiger partial charge in [0.2, 0.25) is 0 Å². The number of hydrogen-bond donors (Lipinski definition) is 1. The Kier molecular flexibility index (Phi) is 7.08. The molecule has 0 fully saturated rings. The largest absolute Gasteiger partial charge is 0.460 e. The van der Waals surface area contributed by atoms with Crippen molar-refractivity contribution in [3.63, 3.8) is 0 Å². The van der Waals surface area contributed by atoms with Crippen molar-refractivity contribution in [3.05, 3.63) is 59.0 Å². The summed E-state index contributed by atoms with van der Waals surface area (Å²) in [5, 5.41) is 12.2. The van der Waals surface area contributed by atoms with Crippen LogP contribution in [0.3, 0.4) is 0 Å². The smallest absolute Gasteiger partial charge is 0.250 e. The van der Waals surface area contributed by atoms with Gasteiger partial charge in [0, 0.05) is 5.75 Å². The third-order valence-corrected chi connectivity index (χ3v) is 6.60. The summed E-state index contributed by atoms with van der Waals surface area (Å²) in [7, 11) is 0. The summed E-state index contributed by atoms with van der Waals surface area (Å²) in [6.45, 7) is 3.92. The molecule has 1 aromatic carbocycles. The number of rotatable bonds is 8. The van der Waals surface area contributed by atoms with Crippen molar-refractivity contribution >= 4 is 47.0 Å². The van der Waals surface area contributed by atoms with Gasteiger partial charge in [-0.2, -0.15) is 5.10 Å². The second-order valence-electron chi connectivity index (χ2n) is 5.64. The van der Waals surface area contributed by atoms with Gasteiger partial charge in [-0.05, 0) is 31.5 Å². The van der Waals surface area contributed by atoms with Crippen LogP contribution in [0.5, 0.6) is 0 Å². The van der Waals surface area contributed by atoms with Crippen molar-refractivity contribution in [2.75, 3.05) is 5.75 Å². The number of hydrogen-bond acceptors (Lipinski definition) is 8. The molecule has 0 unspecified atom stereocenters. The lowest BCUT2D eigenvalue weighted by atomic mass is 10.2. The Balaban J connectivity index is 1.40. The molecular weight excluding hydrogens is 400 g/mol. The van der Waals surface area contributed by atoms with Gasteiger partial charge in [0.25, 0.3) is 5.91 Å². The highest BCUT2D eigenvalue weighted by molar-refractivity contribution is 8.03. The molecule has 2 aromatic heterocycles. The zero-order valence-corrected chi connectivity index (χ0v) is 17.3. The van der Waals surface area contributed by atoms with Crippen LogP contribution < -0.4 is 5.43 Å². The Bertz CT molecular complexity index is 919. The molecule has 6 nitrogen and oxygen atoms in total. The third kappa shape index (κ3) is 6.53. The zero-order valence-electron chi connectivity index (χ0n) is 14.8. The Hall–Kier alpha value is -2.10. The summed E-state index contributed by atoms with van der Waals surface area (Å²) >= 11 is 4.48. The molecule has 3 aromatic rings. The van der Waals surface area contributed by atoms with Gasteiger partial charge >= 0.3 is 0 Å². The van der Waals surface area contributed by atoms with Crippen molar-refractivity contribution < 1.29 is 9.21 Å². The molecule has 0 bridgehead atoms.